The number of hydrogen-bond donors (Lipinski definition) is 2. The molecule has 0 aromatic heterocycles. The topological polar surface area (TPSA) is 81.8 Å². The zero-order valence-electron chi connectivity index (χ0n) is 15.9. The molecule has 1 atom stereocenters. The van der Waals surface area contributed by atoms with E-state index in [2.05, 4.69) is 15.6 Å². The number of rotatable bonds is 5. The van der Waals surface area contributed by atoms with Gasteiger partial charge in [-0.1, -0.05) is 56.5 Å². The number of urea groups is 1. The second-order valence-corrected chi connectivity index (χ2v) is 7.27. The molecule has 2 aliphatic rings. The third kappa shape index (κ3) is 4.13. The Kier molecular flexibility index (Phi) is 6.11. The van der Waals surface area contributed by atoms with Gasteiger partial charge in [-0.2, -0.15) is 5.01 Å². The first kappa shape index (κ1) is 19.4. The first-order chi connectivity index (χ1) is 13.1. The summed E-state index contributed by atoms with van der Waals surface area (Å²) in [4.78, 5) is 40.0. The van der Waals surface area contributed by atoms with E-state index in [0.29, 0.717) is 12.0 Å². The monoisotopic (exact) mass is 372 g/mol. The second kappa shape index (κ2) is 8.52. The van der Waals surface area contributed by atoms with Gasteiger partial charge in [0.05, 0.1) is 6.54 Å². The molecule has 2 N–H and O–H groups in total. The Hall–Kier alpha value is -2.41. The minimum absolute atomic E-state index is 0.196. The Morgan fingerprint density at radius 2 is 1.70 bits per heavy atom. The van der Waals surface area contributed by atoms with E-state index in [9.17, 15) is 14.4 Å². The maximum absolute atomic E-state index is 13.0. The van der Waals surface area contributed by atoms with Gasteiger partial charge in [0.1, 0.15) is 5.54 Å². The van der Waals surface area contributed by atoms with Crippen LogP contribution in [0, 0.1) is 0 Å². The highest BCUT2D eigenvalue weighted by Crippen LogP contribution is 2.31. The van der Waals surface area contributed by atoms with Gasteiger partial charge in [0.15, 0.2) is 0 Å². The molecule has 0 spiro atoms. The molecule has 3 rings (SSSR count). The van der Waals surface area contributed by atoms with E-state index in [-0.39, 0.29) is 12.5 Å². The van der Waals surface area contributed by atoms with Gasteiger partial charge in [0.25, 0.3) is 11.8 Å². The van der Waals surface area contributed by atoms with Crippen LogP contribution >= 0.6 is 0 Å². The molecule has 2 heterocycles. The molecule has 0 bridgehead atoms. The van der Waals surface area contributed by atoms with Crippen LogP contribution in [0.5, 0.6) is 0 Å². The van der Waals surface area contributed by atoms with Gasteiger partial charge in [0.2, 0.25) is 0 Å². The van der Waals surface area contributed by atoms with Crippen LogP contribution < -0.4 is 10.7 Å². The van der Waals surface area contributed by atoms with E-state index in [1.54, 1.807) is 0 Å². The van der Waals surface area contributed by atoms with Gasteiger partial charge in [0, 0.05) is 0 Å². The lowest BCUT2D eigenvalue weighted by atomic mass is 9.87. The molecule has 0 radical (unpaired) electrons. The van der Waals surface area contributed by atoms with E-state index < -0.39 is 17.5 Å². The van der Waals surface area contributed by atoms with Gasteiger partial charge < -0.3 is 5.32 Å². The number of amides is 4. The molecule has 1 aromatic rings. The molecule has 0 unspecified atom stereocenters. The fourth-order valence-electron chi connectivity index (χ4n) is 3.87. The van der Waals surface area contributed by atoms with Crippen LogP contribution in [0.4, 0.5) is 4.79 Å². The normalized spacial score (nSPS) is 24.3. The highest BCUT2D eigenvalue weighted by molar-refractivity contribution is 6.08. The molecular formula is C20H28N4O3. The minimum atomic E-state index is -1.13. The van der Waals surface area contributed by atoms with Gasteiger partial charge in [-0.05, 0) is 37.9 Å². The van der Waals surface area contributed by atoms with Crippen LogP contribution in [-0.4, -0.2) is 47.4 Å². The summed E-state index contributed by atoms with van der Waals surface area (Å²) in [6.45, 7) is 3.78. The summed E-state index contributed by atoms with van der Waals surface area (Å²) in [5, 5.41) is 3.61. The summed E-state index contributed by atoms with van der Waals surface area (Å²) in [5.74, 6) is -0.777. The van der Waals surface area contributed by atoms with Crippen molar-refractivity contribution < 1.29 is 14.4 Å². The van der Waals surface area contributed by atoms with Gasteiger partial charge >= 0.3 is 6.03 Å². The quantitative estimate of drug-likeness (QED) is 0.776. The van der Waals surface area contributed by atoms with E-state index in [4.69, 9.17) is 0 Å². The number of likely N-dealkylation sites (tertiary alicyclic amines) is 1. The summed E-state index contributed by atoms with van der Waals surface area (Å²) in [7, 11) is 0. The van der Waals surface area contributed by atoms with Crippen molar-refractivity contribution in [1.29, 1.82) is 0 Å². The molecule has 7 heteroatoms. The number of nitrogens with one attached hydrogen (secondary N) is 2. The summed E-state index contributed by atoms with van der Waals surface area (Å²) < 4.78 is 0. The number of benzene rings is 1. The zero-order chi connectivity index (χ0) is 19.3. The van der Waals surface area contributed by atoms with Gasteiger partial charge in [-0.25, -0.2) is 4.79 Å². The standard InChI is InChI=1S/C20H28N4O3/c1-2-20(16-11-7-6-8-12-16)18(26)24(19(27)21-20)22-17(25)15-23-13-9-4-3-5-10-14-23/h6-8,11-12H,2-5,9-10,13-15H2,1H3,(H,21,27)(H,22,25)/t20-/m0/s1. The predicted octanol–water partition coefficient (Wildman–Crippen LogP) is 2.14. The second-order valence-electron chi connectivity index (χ2n) is 7.27. The SMILES string of the molecule is CC[C@@]1(c2ccccc2)NC(=O)N(NC(=O)CN2CCCCCCC2)C1=O. The van der Waals surface area contributed by atoms with Crippen LogP contribution in [0.25, 0.3) is 0 Å². The van der Waals surface area contributed by atoms with E-state index in [1.807, 2.05) is 37.3 Å². The molecule has 7 nitrogen and oxygen atoms in total. The van der Waals surface area contributed by atoms with Crippen molar-refractivity contribution >= 4 is 17.8 Å². The number of carbonyl (C=O) groups excluding carboxylic acids is 3. The molecule has 0 aliphatic carbocycles. The number of carbonyl (C=O) groups is 3. The van der Waals surface area contributed by atoms with Crippen molar-refractivity contribution in [3.05, 3.63) is 35.9 Å². The molecule has 4 amide bonds. The van der Waals surface area contributed by atoms with Crippen LogP contribution in [0.1, 0.15) is 51.0 Å². The fourth-order valence-corrected chi connectivity index (χ4v) is 3.87. The minimum Gasteiger partial charge on any atom is -0.318 e. The number of imide groups is 1. The Labute approximate surface area is 160 Å². The Morgan fingerprint density at radius 3 is 2.33 bits per heavy atom. The Bertz CT molecular complexity index is 686. The smallest absolute Gasteiger partial charge is 0.318 e. The number of hydrogen-bond acceptors (Lipinski definition) is 4. The zero-order valence-corrected chi connectivity index (χ0v) is 15.9. The van der Waals surface area contributed by atoms with Crippen LogP contribution in [0.3, 0.4) is 0 Å². The van der Waals surface area contributed by atoms with E-state index in [1.165, 1.54) is 19.3 Å². The largest absolute Gasteiger partial charge is 0.344 e. The number of hydrazine groups is 1. The predicted molar refractivity (Wildman–Crippen MR) is 101 cm³/mol. The van der Waals surface area contributed by atoms with Crippen LogP contribution in [0.2, 0.25) is 0 Å². The lowest BCUT2D eigenvalue weighted by Crippen LogP contribution is -2.51. The van der Waals surface area contributed by atoms with Gasteiger partial charge in [-0.15, -0.1) is 0 Å². The lowest BCUT2D eigenvalue weighted by molar-refractivity contribution is -0.139. The third-order valence-corrected chi connectivity index (χ3v) is 5.44. The van der Waals surface area contributed by atoms with Crippen molar-refractivity contribution in [3.8, 4) is 0 Å². The third-order valence-electron chi connectivity index (χ3n) is 5.44. The first-order valence-corrected chi connectivity index (χ1v) is 9.81. The molecule has 2 aliphatic heterocycles. The van der Waals surface area contributed by atoms with Crippen LogP contribution in [-0.2, 0) is 15.1 Å². The van der Waals surface area contributed by atoms with Crippen molar-refractivity contribution in [2.24, 2.45) is 0 Å². The first-order valence-electron chi connectivity index (χ1n) is 9.81. The molecule has 2 fully saturated rings. The lowest BCUT2D eigenvalue weighted by Gasteiger charge is -2.26. The van der Waals surface area contributed by atoms with E-state index in [0.717, 1.165) is 30.9 Å². The van der Waals surface area contributed by atoms with Crippen molar-refractivity contribution in [2.45, 2.75) is 51.0 Å². The maximum atomic E-state index is 13.0. The average Bonchev–Trinajstić information content (AvgIpc) is 2.89. The van der Waals surface area contributed by atoms with Crippen molar-refractivity contribution in [3.63, 3.8) is 0 Å². The molecule has 146 valence electrons. The maximum Gasteiger partial charge on any atom is 0.344 e. The summed E-state index contributed by atoms with van der Waals surface area (Å²) in [5.41, 5.74) is 2.09. The summed E-state index contributed by atoms with van der Waals surface area (Å²) >= 11 is 0. The fraction of sp³-hybridized carbons (Fsp3) is 0.550. The number of nitrogens with zero attached hydrogens (tertiary/aromatic N) is 2. The average molecular weight is 372 g/mol. The van der Waals surface area contributed by atoms with Crippen molar-refractivity contribution in [1.82, 2.24) is 20.7 Å². The van der Waals surface area contributed by atoms with Gasteiger partial charge in [-0.3, -0.25) is 19.9 Å². The van der Waals surface area contributed by atoms with Crippen molar-refractivity contribution in [2.75, 3.05) is 19.6 Å². The van der Waals surface area contributed by atoms with E-state index >= 15 is 0 Å². The highest BCUT2D eigenvalue weighted by Gasteiger charge is 2.52. The molecular weight excluding hydrogens is 344 g/mol. The molecule has 2 saturated heterocycles. The Balaban J connectivity index is 1.67. The summed E-state index contributed by atoms with van der Waals surface area (Å²) in [6, 6.07) is 8.55. The van der Waals surface area contributed by atoms with Crippen LogP contribution in [0.15, 0.2) is 30.3 Å². The Morgan fingerprint density at radius 1 is 1.07 bits per heavy atom. The molecule has 1 aromatic carbocycles. The summed E-state index contributed by atoms with van der Waals surface area (Å²) in [6.07, 6.45) is 6.16. The highest BCUT2D eigenvalue weighted by atomic mass is 16.2. The molecule has 0 saturated carbocycles. The molecule has 27 heavy (non-hydrogen) atoms.